The van der Waals surface area contributed by atoms with Crippen LogP contribution in [0.1, 0.15) is 5.56 Å². The number of nitrogens with two attached hydrogens (primary N) is 1. The van der Waals surface area contributed by atoms with E-state index in [0.717, 1.165) is 16.8 Å². The molecule has 3 nitrogen and oxygen atoms in total. The molecule has 2 heterocycles. The van der Waals surface area contributed by atoms with Gasteiger partial charge in [0.2, 0.25) is 0 Å². The molecule has 2 aromatic heterocycles. The predicted octanol–water partition coefficient (Wildman–Crippen LogP) is 1.80. The van der Waals surface area contributed by atoms with Gasteiger partial charge in [-0.3, -0.25) is 4.98 Å². The Morgan fingerprint density at radius 3 is 2.92 bits per heavy atom. The average Bonchev–Trinajstić information content (AvgIpc) is 2.67. The fourth-order valence-electron chi connectivity index (χ4n) is 1.23. The highest BCUT2D eigenvalue weighted by atomic mass is 16.3. The van der Waals surface area contributed by atoms with Crippen molar-refractivity contribution in [3.8, 4) is 11.3 Å². The molecule has 0 unspecified atom stereocenters. The lowest BCUT2D eigenvalue weighted by Gasteiger charge is -1.97. The third kappa shape index (κ3) is 1.46. The van der Waals surface area contributed by atoms with Crippen LogP contribution in [0.15, 0.2) is 41.3 Å². The summed E-state index contributed by atoms with van der Waals surface area (Å²) >= 11 is 0. The Balaban J connectivity index is 2.47. The van der Waals surface area contributed by atoms with Gasteiger partial charge in [0.1, 0.15) is 0 Å². The number of rotatable bonds is 2. The van der Waals surface area contributed by atoms with Gasteiger partial charge in [-0.15, -0.1) is 0 Å². The van der Waals surface area contributed by atoms with Crippen molar-refractivity contribution in [3.05, 3.63) is 42.5 Å². The van der Waals surface area contributed by atoms with Crippen molar-refractivity contribution in [2.75, 3.05) is 0 Å². The highest BCUT2D eigenvalue weighted by Gasteiger charge is 2.06. The molecule has 0 aliphatic carbocycles. The zero-order valence-electron chi connectivity index (χ0n) is 7.10. The minimum absolute atomic E-state index is 0.475. The van der Waals surface area contributed by atoms with E-state index in [1.165, 1.54) is 0 Å². The molecule has 2 N–H and O–H groups in total. The molecule has 0 saturated heterocycles. The molecule has 0 bridgehead atoms. The van der Waals surface area contributed by atoms with Crippen LogP contribution >= 0.6 is 0 Å². The van der Waals surface area contributed by atoms with Gasteiger partial charge in [0.15, 0.2) is 0 Å². The molecule has 13 heavy (non-hydrogen) atoms. The van der Waals surface area contributed by atoms with E-state index in [1.807, 2.05) is 18.2 Å². The number of furan rings is 1. The summed E-state index contributed by atoms with van der Waals surface area (Å²) in [6.45, 7) is 0.475. The summed E-state index contributed by atoms with van der Waals surface area (Å²) in [5.41, 5.74) is 8.40. The summed E-state index contributed by atoms with van der Waals surface area (Å²) in [5.74, 6) is 0. The Labute approximate surface area is 76.2 Å². The minimum atomic E-state index is 0.475. The topological polar surface area (TPSA) is 52.0 Å². The maximum Gasteiger partial charge on any atom is 0.1000 e. The van der Waals surface area contributed by atoms with Crippen molar-refractivity contribution < 1.29 is 4.42 Å². The second-order valence-electron chi connectivity index (χ2n) is 2.73. The molecule has 0 saturated carbocycles. The molecule has 2 rings (SSSR count). The molecule has 0 aliphatic rings. The molecule has 0 aliphatic heterocycles. The first-order valence-corrected chi connectivity index (χ1v) is 4.08. The number of nitrogens with zero attached hydrogens (tertiary/aromatic N) is 1. The van der Waals surface area contributed by atoms with Gasteiger partial charge in [0.25, 0.3) is 0 Å². The molecular formula is C10H10N2O. The lowest BCUT2D eigenvalue weighted by molar-refractivity contribution is 0.564. The van der Waals surface area contributed by atoms with Gasteiger partial charge >= 0.3 is 0 Å². The van der Waals surface area contributed by atoms with E-state index in [4.69, 9.17) is 10.2 Å². The molecule has 66 valence electrons. The second kappa shape index (κ2) is 3.41. The van der Waals surface area contributed by atoms with Gasteiger partial charge in [-0.05, 0) is 12.1 Å². The largest absolute Gasteiger partial charge is 0.472 e. The summed E-state index contributed by atoms with van der Waals surface area (Å²) < 4.78 is 5.07. The molecule has 0 fully saturated rings. The van der Waals surface area contributed by atoms with Gasteiger partial charge in [0, 0.05) is 23.9 Å². The first kappa shape index (κ1) is 8.01. The van der Waals surface area contributed by atoms with E-state index >= 15 is 0 Å². The van der Waals surface area contributed by atoms with E-state index in [-0.39, 0.29) is 0 Å². The predicted molar refractivity (Wildman–Crippen MR) is 49.8 cm³/mol. The lowest BCUT2D eigenvalue weighted by atomic mass is 10.1. The average molecular weight is 174 g/mol. The SMILES string of the molecule is NCc1cocc1-c1ccccn1. The van der Waals surface area contributed by atoms with Crippen LogP contribution in [0.25, 0.3) is 11.3 Å². The monoisotopic (exact) mass is 174 g/mol. The van der Waals surface area contributed by atoms with E-state index in [0.29, 0.717) is 6.54 Å². The first-order chi connectivity index (χ1) is 6.42. The molecule has 3 heteroatoms. The Morgan fingerprint density at radius 2 is 2.23 bits per heavy atom. The molecule has 0 amide bonds. The van der Waals surface area contributed by atoms with Crippen LogP contribution in [0.3, 0.4) is 0 Å². The Bertz CT molecular complexity index is 381. The van der Waals surface area contributed by atoms with Crippen LogP contribution in [0.5, 0.6) is 0 Å². The van der Waals surface area contributed by atoms with Crippen molar-refractivity contribution in [2.24, 2.45) is 5.73 Å². The number of hydrogen-bond donors (Lipinski definition) is 1. The van der Waals surface area contributed by atoms with Crippen molar-refractivity contribution in [1.82, 2.24) is 4.98 Å². The third-order valence-corrected chi connectivity index (χ3v) is 1.90. The summed E-state index contributed by atoms with van der Waals surface area (Å²) in [7, 11) is 0. The van der Waals surface area contributed by atoms with Crippen LogP contribution < -0.4 is 5.73 Å². The van der Waals surface area contributed by atoms with Crippen LogP contribution in [0.2, 0.25) is 0 Å². The fourth-order valence-corrected chi connectivity index (χ4v) is 1.23. The van der Waals surface area contributed by atoms with Crippen LogP contribution in [-0.4, -0.2) is 4.98 Å². The summed E-state index contributed by atoms with van der Waals surface area (Å²) in [5, 5.41) is 0. The molecule has 0 aromatic carbocycles. The van der Waals surface area contributed by atoms with E-state index in [1.54, 1.807) is 18.7 Å². The normalized spacial score (nSPS) is 10.2. The quantitative estimate of drug-likeness (QED) is 0.755. The molecular weight excluding hydrogens is 164 g/mol. The smallest absolute Gasteiger partial charge is 0.1000 e. The summed E-state index contributed by atoms with van der Waals surface area (Å²) in [6, 6.07) is 5.76. The van der Waals surface area contributed by atoms with Crippen molar-refractivity contribution in [1.29, 1.82) is 0 Å². The van der Waals surface area contributed by atoms with Gasteiger partial charge < -0.3 is 10.2 Å². The number of pyridine rings is 1. The maximum absolute atomic E-state index is 5.54. The zero-order valence-corrected chi connectivity index (χ0v) is 7.10. The fraction of sp³-hybridized carbons (Fsp3) is 0.100. The number of hydrogen-bond acceptors (Lipinski definition) is 3. The van der Waals surface area contributed by atoms with Gasteiger partial charge in [-0.2, -0.15) is 0 Å². The van der Waals surface area contributed by atoms with E-state index in [2.05, 4.69) is 4.98 Å². The van der Waals surface area contributed by atoms with Crippen LogP contribution in [0, 0.1) is 0 Å². The highest BCUT2D eigenvalue weighted by Crippen LogP contribution is 2.21. The molecule has 0 atom stereocenters. The molecule has 2 aromatic rings. The van der Waals surface area contributed by atoms with Crippen molar-refractivity contribution >= 4 is 0 Å². The Morgan fingerprint density at radius 1 is 1.31 bits per heavy atom. The zero-order chi connectivity index (χ0) is 9.10. The third-order valence-electron chi connectivity index (χ3n) is 1.90. The van der Waals surface area contributed by atoms with Crippen LogP contribution in [0.4, 0.5) is 0 Å². The first-order valence-electron chi connectivity index (χ1n) is 4.08. The van der Waals surface area contributed by atoms with E-state index in [9.17, 15) is 0 Å². The van der Waals surface area contributed by atoms with Gasteiger partial charge in [-0.1, -0.05) is 6.07 Å². The number of aromatic nitrogens is 1. The molecule has 0 radical (unpaired) electrons. The van der Waals surface area contributed by atoms with Crippen molar-refractivity contribution in [3.63, 3.8) is 0 Å². The van der Waals surface area contributed by atoms with Gasteiger partial charge in [0.05, 0.1) is 18.2 Å². The highest BCUT2D eigenvalue weighted by molar-refractivity contribution is 5.61. The van der Waals surface area contributed by atoms with E-state index < -0.39 is 0 Å². The van der Waals surface area contributed by atoms with Crippen LogP contribution in [-0.2, 0) is 6.54 Å². The Hall–Kier alpha value is -1.61. The minimum Gasteiger partial charge on any atom is -0.472 e. The second-order valence-corrected chi connectivity index (χ2v) is 2.73. The van der Waals surface area contributed by atoms with Gasteiger partial charge in [-0.25, -0.2) is 0 Å². The summed E-state index contributed by atoms with van der Waals surface area (Å²) in [4.78, 5) is 4.21. The van der Waals surface area contributed by atoms with Crippen molar-refractivity contribution in [2.45, 2.75) is 6.54 Å². The standard InChI is InChI=1S/C10H10N2O/c11-5-8-6-13-7-9(8)10-3-1-2-4-12-10/h1-4,6-7H,5,11H2. The maximum atomic E-state index is 5.54. The Kier molecular flexibility index (Phi) is 2.10. The summed E-state index contributed by atoms with van der Waals surface area (Å²) in [6.07, 6.45) is 5.08. The molecule has 0 spiro atoms. The lowest BCUT2D eigenvalue weighted by Crippen LogP contribution is -1.96.